The highest BCUT2D eigenvalue weighted by atomic mass is 35.5. The Kier molecular flexibility index (Phi) is 5.75. The molecule has 0 fully saturated rings. The molecule has 0 heterocycles. The average Bonchev–Trinajstić information content (AvgIpc) is 2.59. The van der Waals surface area contributed by atoms with E-state index in [0.29, 0.717) is 10.8 Å². The molecule has 0 aliphatic carbocycles. The van der Waals surface area contributed by atoms with E-state index in [9.17, 15) is 14.4 Å². The van der Waals surface area contributed by atoms with E-state index < -0.39 is 17.8 Å². The first kappa shape index (κ1) is 17.3. The fraction of sp³-hybridized carbons (Fsp3) is 0.0625. The van der Waals surface area contributed by atoms with E-state index in [1.54, 1.807) is 24.3 Å². The van der Waals surface area contributed by atoms with Gasteiger partial charge in [0.25, 0.3) is 11.8 Å². The van der Waals surface area contributed by atoms with Gasteiger partial charge in [0.05, 0.1) is 11.1 Å². The van der Waals surface area contributed by atoms with Gasteiger partial charge in [-0.2, -0.15) is 0 Å². The van der Waals surface area contributed by atoms with E-state index in [4.69, 9.17) is 21.4 Å². The average molecular weight is 349 g/mol. The minimum absolute atomic E-state index is 0.0658. The highest BCUT2D eigenvalue weighted by molar-refractivity contribution is 6.30. The van der Waals surface area contributed by atoms with Crippen LogP contribution in [-0.4, -0.2) is 29.5 Å². The van der Waals surface area contributed by atoms with Crippen LogP contribution in [0.15, 0.2) is 48.5 Å². The molecule has 0 aliphatic rings. The number of amides is 2. The molecule has 0 spiro atoms. The Balaban J connectivity index is 1.86. The van der Waals surface area contributed by atoms with Gasteiger partial charge in [-0.3, -0.25) is 20.4 Å². The number of hydrazine groups is 1. The van der Waals surface area contributed by atoms with E-state index >= 15 is 0 Å². The van der Waals surface area contributed by atoms with Crippen molar-refractivity contribution in [1.29, 1.82) is 0 Å². The molecule has 0 aliphatic heterocycles. The van der Waals surface area contributed by atoms with Crippen molar-refractivity contribution in [2.24, 2.45) is 0 Å². The van der Waals surface area contributed by atoms with Crippen molar-refractivity contribution < 1.29 is 24.2 Å². The molecule has 0 radical (unpaired) electrons. The first-order chi connectivity index (χ1) is 11.5. The Morgan fingerprint density at radius 3 is 2.21 bits per heavy atom. The van der Waals surface area contributed by atoms with Crippen LogP contribution in [0.25, 0.3) is 0 Å². The smallest absolute Gasteiger partial charge is 0.336 e. The minimum atomic E-state index is -1.24. The number of rotatable bonds is 5. The lowest BCUT2D eigenvalue weighted by molar-refractivity contribution is -0.123. The Morgan fingerprint density at radius 2 is 1.58 bits per heavy atom. The predicted molar refractivity (Wildman–Crippen MR) is 86.0 cm³/mol. The Bertz CT molecular complexity index is 761. The maximum atomic E-state index is 11.9. The molecule has 2 rings (SSSR count). The van der Waals surface area contributed by atoms with Crippen molar-refractivity contribution in [3.8, 4) is 5.75 Å². The summed E-state index contributed by atoms with van der Waals surface area (Å²) in [5, 5.41) is 9.56. The number of carboxylic acid groups (broad SMARTS) is 1. The van der Waals surface area contributed by atoms with Gasteiger partial charge < -0.3 is 9.84 Å². The van der Waals surface area contributed by atoms with Gasteiger partial charge in [-0.15, -0.1) is 0 Å². The number of ether oxygens (including phenoxy) is 1. The largest absolute Gasteiger partial charge is 0.484 e. The Hall–Kier alpha value is -3.06. The topological polar surface area (TPSA) is 105 Å². The molecule has 0 unspecified atom stereocenters. The van der Waals surface area contributed by atoms with Crippen LogP contribution in [0, 0.1) is 0 Å². The van der Waals surface area contributed by atoms with Gasteiger partial charge in [0, 0.05) is 5.02 Å². The molecule has 124 valence electrons. The molecule has 2 aromatic carbocycles. The quantitative estimate of drug-likeness (QED) is 0.715. The molecule has 0 atom stereocenters. The van der Waals surface area contributed by atoms with Gasteiger partial charge >= 0.3 is 5.97 Å². The number of carbonyl (C=O) groups is 3. The molecule has 2 aromatic rings. The molecule has 8 heteroatoms. The van der Waals surface area contributed by atoms with Gasteiger partial charge in [0.1, 0.15) is 5.75 Å². The van der Waals surface area contributed by atoms with Crippen LogP contribution in [0.5, 0.6) is 5.75 Å². The first-order valence-electron chi connectivity index (χ1n) is 6.77. The van der Waals surface area contributed by atoms with Gasteiger partial charge in [-0.25, -0.2) is 4.79 Å². The molecule has 0 saturated carbocycles. The summed E-state index contributed by atoms with van der Waals surface area (Å²) >= 11 is 5.73. The van der Waals surface area contributed by atoms with Crippen molar-refractivity contribution in [1.82, 2.24) is 10.9 Å². The molecule has 0 saturated heterocycles. The summed E-state index contributed by atoms with van der Waals surface area (Å²) in [5.74, 6) is -2.14. The second-order valence-electron chi connectivity index (χ2n) is 4.60. The lowest BCUT2D eigenvalue weighted by atomic mass is 10.1. The summed E-state index contributed by atoms with van der Waals surface area (Å²) < 4.78 is 5.21. The summed E-state index contributed by atoms with van der Waals surface area (Å²) in [5.41, 5.74) is 4.05. The first-order valence-corrected chi connectivity index (χ1v) is 7.15. The third kappa shape index (κ3) is 4.72. The molecule has 24 heavy (non-hydrogen) atoms. The van der Waals surface area contributed by atoms with E-state index in [1.807, 2.05) is 0 Å². The zero-order valence-corrected chi connectivity index (χ0v) is 13.0. The van der Waals surface area contributed by atoms with Crippen LogP contribution < -0.4 is 15.6 Å². The van der Waals surface area contributed by atoms with Crippen LogP contribution in [0.1, 0.15) is 20.7 Å². The number of benzene rings is 2. The summed E-state index contributed by atoms with van der Waals surface area (Å²) in [6.45, 7) is -0.331. The molecule has 3 N–H and O–H groups in total. The maximum Gasteiger partial charge on any atom is 0.336 e. The number of carboxylic acids is 1. The molecule has 0 aromatic heterocycles. The van der Waals surface area contributed by atoms with Gasteiger partial charge in [0.15, 0.2) is 6.61 Å². The third-order valence-corrected chi connectivity index (χ3v) is 3.15. The van der Waals surface area contributed by atoms with Crippen molar-refractivity contribution in [2.75, 3.05) is 6.61 Å². The third-order valence-electron chi connectivity index (χ3n) is 2.90. The molecule has 0 bridgehead atoms. The fourth-order valence-electron chi connectivity index (χ4n) is 1.78. The van der Waals surface area contributed by atoms with Crippen LogP contribution >= 0.6 is 11.6 Å². The summed E-state index contributed by atoms with van der Waals surface area (Å²) in [6, 6.07) is 12.1. The highest BCUT2D eigenvalue weighted by Gasteiger charge is 2.16. The Labute approximate surface area is 142 Å². The van der Waals surface area contributed by atoms with Gasteiger partial charge in [-0.05, 0) is 36.4 Å². The van der Waals surface area contributed by atoms with E-state index in [-0.39, 0.29) is 17.7 Å². The lowest BCUT2D eigenvalue weighted by Gasteiger charge is -2.10. The number of hydrogen-bond acceptors (Lipinski definition) is 4. The van der Waals surface area contributed by atoms with Crippen LogP contribution in [-0.2, 0) is 4.79 Å². The number of hydrogen-bond donors (Lipinski definition) is 3. The fourth-order valence-corrected chi connectivity index (χ4v) is 1.90. The molecule has 2 amide bonds. The number of aromatic carboxylic acids is 1. The molecular formula is C16H13ClN2O5. The van der Waals surface area contributed by atoms with Crippen molar-refractivity contribution in [3.63, 3.8) is 0 Å². The zero-order valence-electron chi connectivity index (χ0n) is 12.3. The maximum absolute atomic E-state index is 11.9. The second kappa shape index (κ2) is 7.98. The number of carbonyl (C=O) groups excluding carboxylic acids is 2. The number of halogens is 1. The summed E-state index contributed by atoms with van der Waals surface area (Å²) in [7, 11) is 0. The zero-order chi connectivity index (χ0) is 17.5. The summed E-state index contributed by atoms with van der Waals surface area (Å²) in [4.78, 5) is 34.6. The van der Waals surface area contributed by atoms with E-state index in [1.165, 1.54) is 24.3 Å². The predicted octanol–water partition coefficient (Wildman–Crippen LogP) is 1.88. The van der Waals surface area contributed by atoms with Crippen LogP contribution in [0.4, 0.5) is 0 Å². The van der Waals surface area contributed by atoms with Crippen molar-refractivity contribution >= 4 is 29.4 Å². The van der Waals surface area contributed by atoms with Crippen molar-refractivity contribution in [2.45, 2.75) is 0 Å². The van der Waals surface area contributed by atoms with Gasteiger partial charge in [0.2, 0.25) is 0 Å². The van der Waals surface area contributed by atoms with E-state index in [0.717, 1.165) is 0 Å². The van der Waals surface area contributed by atoms with Gasteiger partial charge in [-0.1, -0.05) is 23.7 Å². The standard InChI is InChI=1S/C16H13ClN2O5/c17-10-5-7-11(8-6-10)24-9-14(20)18-19-15(21)12-3-1-2-4-13(12)16(22)23/h1-8H,9H2,(H,18,20)(H,19,21)(H,22,23). The SMILES string of the molecule is O=C(COc1ccc(Cl)cc1)NNC(=O)c1ccccc1C(=O)O. The highest BCUT2D eigenvalue weighted by Crippen LogP contribution is 2.15. The summed E-state index contributed by atoms with van der Waals surface area (Å²) in [6.07, 6.45) is 0. The molecule has 7 nitrogen and oxygen atoms in total. The van der Waals surface area contributed by atoms with Crippen LogP contribution in [0.3, 0.4) is 0 Å². The Morgan fingerprint density at radius 1 is 0.958 bits per heavy atom. The monoisotopic (exact) mass is 348 g/mol. The normalized spacial score (nSPS) is 9.88. The van der Waals surface area contributed by atoms with E-state index in [2.05, 4.69) is 10.9 Å². The minimum Gasteiger partial charge on any atom is -0.484 e. The van der Waals surface area contributed by atoms with Crippen molar-refractivity contribution in [3.05, 3.63) is 64.7 Å². The second-order valence-corrected chi connectivity index (χ2v) is 5.03. The molecular weight excluding hydrogens is 336 g/mol. The number of nitrogens with one attached hydrogen (secondary N) is 2. The van der Waals surface area contributed by atoms with Crippen LogP contribution in [0.2, 0.25) is 5.02 Å². The lowest BCUT2D eigenvalue weighted by Crippen LogP contribution is -2.44.